The van der Waals surface area contributed by atoms with Gasteiger partial charge in [0.2, 0.25) is 5.91 Å². The van der Waals surface area contributed by atoms with Gasteiger partial charge in [-0.25, -0.2) is 0 Å². The van der Waals surface area contributed by atoms with Gasteiger partial charge >= 0.3 is 0 Å². The number of carbonyl (C=O) groups excluding carboxylic acids is 2. The summed E-state index contributed by atoms with van der Waals surface area (Å²) in [5.74, 6) is 0.0521. The Morgan fingerprint density at radius 1 is 1.04 bits per heavy atom. The highest BCUT2D eigenvalue weighted by Gasteiger charge is 2.26. The van der Waals surface area contributed by atoms with Crippen LogP contribution >= 0.6 is 0 Å². The minimum Gasteiger partial charge on any atom is -0.399 e. The number of carbonyl (C=O) groups is 2. The summed E-state index contributed by atoms with van der Waals surface area (Å²) in [5, 5.41) is 11.0. The van der Waals surface area contributed by atoms with E-state index in [9.17, 15) is 19.7 Å². The maximum Gasteiger partial charge on any atom is 0.271 e. The van der Waals surface area contributed by atoms with Gasteiger partial charge in [0.1, 0.15) is 0 Å². The summed E-state index contributed by atoms with van der Waals surface area (Å²) < 4.78 is 0. The average molecular weight is 381 g/mol. The van der Waals surface area contributed by atoms with Crippen LogP contribution in [-0.4, -0.2) is 23.2 Å². The lowest BCUT2D eigenvalue weighted by atomic mass is 10.0. The number of nitrogens with zero attached hydrogens (tertiary/aromatic N) is 2. The van der Waals surface area contributed by atoms with Gasteiger partial charge in [0.05, 0.1) is 10.6 Å². The van der Waals surface area contributed by atoms with Crippen molar-refractivity contribution in [2.75, 3.05) is 17.2 Å². The fourth-order valence-electron chi connectivity index (χ4n) is 3.43. The highest BCUT2D eigenvalue weighted by molar-refractivity contribution is 5.96. The molecule has 0 radical (unpaired) electrons. The minimum absolute atomic E-state index is 0.000342. The van der Waals surface area contributed by atoms with Crippen molar-refractivity contribution in [1.29, 1.82) is 0 Å². The first-order valence-corrected chi connectivity index (χ1v) is 9.42. The molecule has 2 N–H and O–H groups in total. The molecule has 146 valence electrons. The molecule has 0 atom stereocenters. The van der Waals surface area contributed by atoms with Crippen LogP contribution in [0.2, 0.25) is 0 Å². The highest BCUT2D eigenvalue weighted by Crippen LogP contribution is 2.32. The first-order chi connectivity index (χ1) is 13.5. The number of hydrogen-bond donors (Lipinski definition) is 1. The second kappa shape index (κ2) is 8.65. The van der Waals surface area contributed by atoms with Crippen molar-refractivity contribution in [3.05, 3.63) is 63.7 Å². The van der Waals surface area contributed by atoms with Crippen LogP contribution in [0.1, 0.15) is 48.0 Å². The van der Waals surface area contributed by atoms with Crippen LogP contribution in [-0.2, 0) is 11.2 Å². The van der Waals surface area contributed by atoms with E-state index in [1.54, 1.807) is 35.2 Å². The van der Waals surface area contributed by atoms with Crippen molar-refractivity contribution < 1.29 is 14.5 Å². The van der Waals surface area contributed by atoms with Gasteiger partial charge in [-0.05, 0) is 49.1 Å². The van der Waals surface area contributed by atoms with Gasteiger partial charge in [0.25, 0.3) is 5.69 Å². The number of fused-ring (bicyclic) bond motifs is 1. The molecule has 1 aliphatic heterocycles. The molecule has 0 saturated heterocycles. The smallest absolute Gasteiger partial charge is 0.271 e. The molecule has 0 fully saturated rings. The van der Waals surface area contributed by atoms with Crippen molar-refractivity contribution in [2.24, 2.45) is 0 Å². The molecule has 1 aliphatic rings. The molecule has 0 aliphatic carbocycles. The van der Waals surface area contributed by atoms with E-state index in [0.717, 1.165) is 24.8 Å². The number of non-ortho nitro benzene ring substituents is 1. The van der Waals surface area contributed by atoms with E-state index < -0.39 is 4.92 Å². The summed E-state index contributed by atoms with van der Waals surface area (Å²) in [6.45, 7) is 0.560. The number of nitro benzene ring substituents is 1. The quantitative estimate of drug-likeness (QED) is 0.245. The van der Waals surface area contributed by atoms with Crippen LogP contribution in [0.5, 0.6) is 0 Å². The molecule has 0 aromatic heterocycles. The van der Waals surface area contributed by atoms with Crippen LogP contribution in [0.3, 0.4) is 0 Å². The summed E-state index contributed by atoms with van der Waals surface area (Å²) >= 11 is 0. The highest BCUT2D eigenvalue weighted by atomic mass is 16.6. The van der Waals surface area contributed by atoms with Gasteiger partial charge in [0, 0.05) is 42.8 Å². The lowest BCUT2D eigenvalue weighted by Crippen LogP contribution is -2.28. The number of anilines is 2. The standard InChI is InChI=1S/C21H23N3O4/c22-17-9-6-16(7-10-17)20(25)4-2-1-3-5-21(26)23-13-12-15-8-11-18(24(27)28)14-19(15)23/h6-11,14H,1-5,12-13,22H2. The third-order valence-corrected chi connectivity index (χ3v) is 5.00. The van der Waals surface area contributed by atoms with Crippen molar-refractivity contribution in [1.82, 2.24) is 0 Å². The normalized spacial score (nSPS) is 12.6. The van der Waals surface area contributed by atoms with Gasteiger partial charge in [0.15, 0.2) is 5.78 Å². The number of nitrogen functional groups attached to an aromatic ring is 1. The van der Waals surface area contributed by atoms with E-state index in [2.05, 4.69) is 0 Å². The monoisotopic (exact) mass is 381 g/mol. The number of unbranched alkanes of at least 4 members (excludes halogenated alkanes) is 2. The third kappa shape index (κ3) is 4.54. The molecule has 7 heteroatoms. The van der Waals surface area contributed by atoms with Crippen LogP contribution in [0.15, 0.2) is 42.5 Å². The Morgan fingerprint density at radius 3 is 2.46 bits per heavy atom. The molecule has 1 heterocycles. The molecule has 2 aromatic carbocycles. The fourth-order valence-corrected chi connectivity index (χ4v) is 3.43. The Bertz CT molecular complexity index is 893. The molecule has 7 nitrogen and oxygen atoms in total. The Balaban J connectivity index is 1.44. The first kappa shape index (κ1) is 19.5. The molecule has 0 spiro atoms. The van der Waals surface area contributed by atoms with Crippen molar-refractivity contribution in [3.8, 4) is 0 Å². The predicted molar refractivity (Wildman–Crippen MR) is 107 cm³/mol. The number of hydrogen-bond acceptors (Lipinski definition) is 5. The van der Waals surface area contributed by atoms with Crippen LogP contribution < -0.4 is 10.6 Å². The lowest BCUT2D eigenvalue weighted by molar-refractivity contribution is -0.384. The van der Waals surface area contributed by atoms with Gasteiger partial charge in [-0.2, -0.15) is 0 Å². The van der Waals surface area contributed by atoms with Crippen LogP contribution in [0.25, 0.3) is 0 Å². The van der Waals surface area contributed by atoms with E-state index in [1.165, 1.54) is 12.1 Å². The zero-order valence-corrected chi connectivity index (χ0v) is 15.6. The maximum atomic E-state index is 12.5. The number of nitro groups is 1. The second-order valence-electron chi connectivity index (χ2n) is 6.97. The Hall–Kier alpha value is -3.22. The number of rotatable bonds is 8. The van der Waals surface area contributed by atoms with E-state index in [4.69, 9.17) is 5.73 Å². The molecule has 0 unspecified atom stereocenters. The zero-order valence-electron chi connectivity index (χ0n) is 15.6. The molecule has 3 rings (SSSR count). The zero-order chi connectivity index (χ0) is 20.1. The summed E-state index contributed by atoms with van der Waals surface area (Å²) in [7, 11) is 0. The Kier molecular flexibility index (Phi) is 6.03. The molecular weight excluding hydrogens is 358 g/mol. The summed E-state index contributed by atoms with van der Waals surface area (Å²) in [5.41, 5.74) is 8.52. The van der Waals surface area contributed by atoms with Crippen molar-refractivity contribution in [2.45, 2.75) is 38.5 Å². The number of nitrogens with two attached hydrogens (primary N) is 1. The van der Waals surface area contributed by atoms with Gasteiger partial charge in [-0.1, -0.05) is 12.5 Å². The van der Waals surface area contributed by atoms with Crippen molar-refractivity contribution in [3.63, 3.8) is 0 Å². The lowest BCUT2D eigenvalue weighted by Gasteiger charge is -2.17. The molecule has 0 saturated carbocycles. The largest absolute Gasteiger partial charge is 0.399 e. The summed E-state index contributed by atoms with van der Waals surface area (Å²) in [6.07, 6.45) is 3.72. The molecule has 2 aromatic rings. The van der Waals surface area contributed by atoms with E-state index in [0.29, 0.717) is 42.7 Å². The third-order valence-electron chi connectivity index (χ3n) is 5.00. The average Bonchev–Trinajstić information content (AvgIpc) is 3.11. The topological polar surface area (TPSA) is 107 Å². The van der Waals surface area contributed by atoms with E-state index >= 15 is 0 Å². The van der Waals surface area contributed by atoms with Crippen molar-refractivity contribution >= 4 is 28.8 Å². The second-order valence-corrected chi connectivity index (χ2v) is 6.97. The fraction of sp³-hybridized carbons (Fsp3) is 0.333. The number of ketones is 1. The number of amides is 1. The van der Waals surface area contributed by atoms with E-state index in [-0.39, 0.29) is 17.4 Å². The number of benzene rings is 2. The van der Waals surface area contributed by atoms with Crippen LogP contribution in [0, 0.1) is 10.1 Å². The Morgan fingerprint density at radius 2 is 1.75 bits per heavy atom. The SMILES string of the molecule is Nc1ccc(C(=O)CCCCCC(=O)N2CCc3ccc([N+](=O)[O-])cc32)cc1. The first-order valence-electron chi connectivity index (χ1n) is 9.42. The Labute approximate surface area is 163 Å². The minimum atomic E-state index is -0.445. The van der Waals surface area contributed by atoms with E-state index in [1.807, 2.05) is 0 Å². The maximum absolute atomic E-state index is 12.5. The van der Waals surface area contributed by atoms with Gasteiger partial charge < -0.3 is 10.6 Å². The predicted octanol–water partition coefficient (Wildman–Crippen LogP) is 3.90. The summed E-state index contributed by atoms with van der Waals surface area (Å²) in [4.78, 5) is 36.8. The number of Topliss-reactive ketones (excluding diaryl/α,β-unsaturated/α-hetero) is 1. The van der Waals surface area contributed by atoms with Gasteiger partial charge in [-0.3, -0.25) is 19.7 Å². The molecular formula is C21H23N3O4. The van der Waals surface area contributed by atoms with Gasteiger partial charge in [-0.15, -0.1) is 0 Å². The summed E-state index contributed by atoms with van der Waals surface area (Å²) in [6, 6.07) is 11.6. The molecule has 1 amide bonds. The van der Waals surface area contributed by atoms with Crippen LogP contribution in [0.4, 0.5) is 17.1 Å². The molecule has 28 heavy (non-hydrogen) atoms. The molecule has 0 bridgehead atoms.